The van der Waals surface area contributed by atoms with E-state index in [4.69, 9.17) is 4.74 Å². The van der Waals surface area contributed by atoms with Crippen LogP contribution < -0.4 is 4.74 Å². The number of hydrogen-bond acceptors (Lipinski definition) is 3. The molecule has 15 heavy (non-hydrogen) atoms. The van der Waals surface area contributed by atoms with Crippen molar-refractivity contribution in [3.63, 3.8) is 0 Å². The van der Waals surface area contributed by atoms with E-state index in [9.17, 15) is 5.11 Å². The third kappa shape index (κ3) is 3.23. The van der Waals surface area contributed by atoms with Crippen LogP contribution in [0.15, 0.2) is 12.4 Å². The van der Waals surface area contributed by atoms with E-state index in [-0.39, 0.29) is 5.92 Å². The van der Waals surface area contributed by atoms with E-state index in [1.165, 1.54) is 0 Å². The van der Waals surface area contributed by atoms with Gasteiger partial charge >= 0.3 is 0 Å². The molecule has 1 heterocycles. The van der Waals surface area contributed by atoms with Crippen LogP contribution in [-0.2, 0) is 6.54 Å². The Morgan fingerprint density at radius 1 is 1.60 bits per heavy atom. The summed E-state index contributed by atoms with van der Waals surface area (Å²) < 4.78 is 7.27. The van der Waals surface area contributed by atoms with E-state index < -0.39 is 5.60 Å². The fourth-order valence-electron chi connectivity index (χ4n) is 0.988. The average Bonchev–Trinajstić information content (AvgIpc) is 2.62. The lowest BCUT2D eigenvalue weighted by Crippen LogP contribution is -2.37. The maximum atomic E-state index is 9.96. The summed E-state index contributed by atoms with van der Waals surface area (Å²) in [4.78, 5) is 0. The van der Waals surface area contributed by atoms with Crippen molar-refractivity contribution in [2.45, 2.75) is 39.8 Å². The molecule has 1 atom stereocenters. The fourth-order valence-corrected chi connectivity index (χ4v) is 0.988. The van der Waals surface area contributed by atoms with Gasteiger partial charge in [0.05, 0.1) is 18.0 Å². The van der Waals surface area contributed by atoms with Crippen molar-refractivity contribution >= 4 is 0 Å². The summed E-state index contributed by atoms with van der Waals surface area (Å²) in [6.07, 6.45) is 3.50. The van der Waals surface area contributed by atoms with Crippen molar-refractivity contribution in [1.82, 2.24) is 9.78 Å². The SMILES string of the molecule is CCn1cc(OCC(C)(O)C(C)C)cn1. The second-order valence-electron chi connectivity index (χ2n) is 4.33. The van der Waals surface area contributed by atoms with Crippen LogP contribution in [0.2, 0.25) is 0 Å². The van der Waals surface area contributed by atoms with Crippen LogP contribution in [0.1, 0.15) is 27.7 Å². The van der Waals surface area contributed by atoms with Gasteiger partial charge in [-0.1, -0.05) is 13.8 Å². The van der Waals surface area contributed by atoms with Gasteiger partial charge in [0.2, 0.25) is 0 Å². The zero-order chi connectivity index (χ0) is 11.5. The molecule has 0 saturated heterocycles. The first-order chi connectivity index (χ1) is 6.95. The van der Waals surface area contributed by atoms with Crippen LogP contribution in [0.5, 0.6) is 5.75 Å². The molecule has 0 aliphatic carbocycles. The third-order valence-corrected chi connectivity index (χ3v) is 2.71. The highest BCUT2D eigenvalue weighted by Gasteiger charge is 2.25. The highest BCUT2D eigenvalue weighted by atomic mass is 16.5. The van der Waals surface area contributed by atoms with Crippen LogP contribution in [0.4, 0.5) is 0 Å². The normalized spacial score (nSPS) is 15.3. The Bertz CT molecular complexity index is 305. The minimum Gasteiger partial charge on any atom is -0.487 e. The molecule has 4 heteroatoms. The summed E-state index contributed by atoms with van der Waals surface area (Å²) in [5.74, 6) is 0.872. The van der Waals surface area contributed by atoms with Crippen LogP contribution in [0.3, 0.4) is 0 Å². The highest BCUT2D eigenvalue weighted by molar-refractivity contribution is 5.11. The van der Waals surface area contributed by atoms with Crippen molar-refractivity contribution in [3.8, 4) is 5.75 Å². The molecule has 0 radical (unpaired) electrons. The fraction of sp³-hybridized carbons (Fsp3) is 0.727. The standard InChI is InChI=1S/C11H20N2O2/c1-5-13-7-10(6-12-13)15-8-11(4,14)9(2)3/h6-7,9,14H,5,8H2,1-4H3. The van der Waals surface area contributed by atoms with E-state index in [2.05, 4.69) is 5.10 Å². The summed E-state index contributed by atoms with van der Waals surface area (Å²) in [7, 11) is 0. The Kier molecular flexibility index (Phi) is 3.74. The molecule has 0 spiro atoms. The van der Waals surface area contributed by atoms with E-state index >= 15 is 0 Å². The van der Waals surface area contributed by atoms with Crippen molar-refractivity contribution in [2.24, 2.45) is 5.92 Å². The molecular weight excluding hydrogens is 192 g/mol. The molecule has 86 valence electrons. The summed E-state index contributed by atoms with van der Waals surface area (Å²) in [5.41, 5.74) is -0.797. The van der Waals surface area contributed by atoms with Gasteiger partial charge < -0.3 is 9.84 Å². The Labute approximate surface area is 90.9 Å². The Morgan fingerprint density at radius 3 is 2.73 bits per heavy atom. The van der Waals surface area contributed by atoms with E-state index in [1.807, 2.05) is 27.0 Å². The molecule has 0 aliphatic heterocycles. The van der Waals surface area contributed by atoms with Gasteiger partial charge in [0, 0.05) is 6.54 Å². The predicted molar refractivity (Wildman–Crippen MR) is 58.9 cm³/mol. The summed E-state index contributed by atoms with van der Waals surface area (Å²) >= 11 is 0. The van der Waals surface area contributed by atoms with Crippen molar-refractivity contribution in [3.05, 3.63) is 12.4 Å². The first kappa shape index (κ1) is 12.0. The van der Waals surface area contributed by atoms with Crippen LogP contribution >= 0.6 is 0 Å². The molecule has 0 bridgehead atoms. The van der Waals surface area contributed by atoms with Crippen LogP contribution in [0.25, 0.3) is 0 Å². The molecule has 0 saturated carbocycles. The summed E-state index contributed by atoms with van der Waals surface area (Å²) in [5, 5.41) is 14.1. The monoisotopic (exact) mass is 212 g/mol. The van der Waals surface area contributed by atoms with E-state index in [0.717, 1.165) is 6.54 Å². The van der Waals surface area contributed by atoms with Gasteiger partial charge in [0.15, 0.2) is 5.75 Å². The molecule has 0 amide bonds. The summed E-state index contributed by atoms with van der Waals surface area (Å²) in [6.45, 7) is 8.85. The van der Waals surface area contributed by atoms with Gasteiger partial charge in [-0.05, 0) is 19.8 Å². The zero-order valence-corrected chi connectivity index (χ0v) is 9.90. The second kappa shape index (κ2) is 4.66. The third-order valence-electron chi connectivity index (χ3n) is 2.71. The van der Waals surface area contributed by atoms with E-state index in [1.54, 1.807) is 17.8 Å². The second-order valence-corrected chi connectivity index (χ2v) is 4.33. The first-order valence-electron chi connectivity index (χ1n) is 5.33. The molecule has 1 aromatic rings. The Hall–Kier alpha value is -1.03. The lowest BCUT2D eigenvalue weighted by Gasteiger charge is -2.26. The molecule has 4 nitrogen and oxygen atoms in total. The molecular formula is C11H20N2O2. The molecule has 1 N–H and O–H groups in total. The van der Waals surface area contributed by atoms with Crippen molar-refractivity contribution < 1.29 is 9.84 Å². The Balaban J connectivity index is 2.50. The van der Waals surface area contributed by atoms with Crippen LogP contribution in [0, 0.1) is 5.92 Å². The number of hydrogen-bond donors (Lipinski definition) is 1. The highest BCUT2D eigenvalue weighted by Crippen LogP contribution is 2.18. The van der Waals surface area contributed by atoms with Gasteiger partial charge in [-0.3, -0.25) is 4.68 Å². The minimum atomic E-state index is -0.797. The zero-order valence-electron chi connectivity index (χ0n) is 9.90. The molecule has 0 aliphatic rings. The number of aryl methyl sites for hydroxylation is 1. The molecule has 0 fully saturated rings. The number of aliphatic hydroxyl groups is 1. The van der Waals surface area contributed by atoms with Crippen molar-refractivity contribution in [2.75, 3.05) is 6.61 Å². The smallest absolute Gasteiger partial charge is 0.157 e. The number of aromatic nitrogens is 2. The topological polar surface area (TPSA) is 47.3 Å². The first-order valence-corrected chi connectivity index (χ1v) is 5.33. The minimum absolute atomic E-state index is 0.165. The van der Waals surface area contributed by atoms with Gasteiger partial charge in [-0.25, -0.2) is 0 Å². The maximum absolute atomic E-state index is 9.96. The van der Waals surface area contributed by atoms with Gasteiger partial charge in [-0.2, -0.15) is 5.10 Å². The molecule has 1 unspecified atom stereocenters. The lowest BCUT2D eigenvalue weighted by molar-refractivity contribution is -0.0266. The number of ether oxygens (including phenoxy) is 1. The molecule has 0 aromatic carbocycles. The van der Waals surface area contributed by atoms with Gasteiger partial charge in [0.1, 0.15) is 6.61 Å². The summed E-state index contributed by atoms with van der Waals surface area (Å²) in [6, 6.07) is 0. The number of rotatable bonds is 5. The largest absolute Gasteiger partial charge is 0.487 e. The number of nitrogens with zero attached hydrogens (tertiary/aromatic N) is 2. The van der Waals surface area contributed by atoms with Crippen LogP contribution in [-0.4, -0.2) is 27.1 Å². The van der Waals surface area contributed by atoms with Gasteiger partial charge in [0.25, 0.3) is 0 Å². The maximum Gasteiger partial charge on any atom is 0.157 e. The van der Waals surface area contributed by atoms with Crippen molar-refractivity contribution in [1.29, 1.82) is 0 Å². The predicted octanol–water partition coefficient (Wildman–Crippen LogP) is 1.69. The lowest BCUT2D eigenvalue weighted by atomic mass is 9.94. The quantitative estimate of drug-likeness (QED) is 0.808. The van der Waals surface area contributed by atoms with Gasteiger partial charge in [-0.15, -0.1) is 0 Å². The Morgan fingerprint density at radius 2 is 2.27 bits per heavy atom. The molecule has 1 aromatic heterocycles. The average molecular weight is 212 g/mol. The molecule has 1 rings (SSSR count). The van der Waals surface area contributed by atoms with E-state index in [0.29, 0.717) is 12.4 Å².